The third-order valence-electron chi connectivity index (χ3n) is 3.66. The molecule has 0 saturated carbocycles. The Morgan fingerprint density at radius 3 is 2.80 bits per heavy atom. The Balaban J connectivity index is 1.58. The molecular formula is C16H16Cl2N4O2S. The summed E-state index contributed by atoms with van der Waals surface area (Å²) >= 11 is 13.3. The lowest BCUT2D eigenvalue weighted by atomic mass is 10.2. The van der Waals surface area contributed by atoms with Gasteiger partial charge in [-0.3, -0.25) is 14.5 Å². The van der Waals surface area contributed by atoms with Crippen LogP contribution in [0.15, 0.2) is 18.2 Å². The molecule has 0 saturated heterocycles. The van der Waals surface area contributed by atoms with E-state index in [0.717, 1.165) is 23.5 Å². The van der Waals surface area contributed by atoms with Gasteiger partial charge in [0.2, 0.25) is 11.8 Å². The maximum atomic E-state index is 12.2. The third kappa shape index (κ3) is 4.70. The van der Waals surface area contributed by atoms with E-state index in [0.29, 0.717) is 27.4 Å². The Hall–Kier alpha value is -1.67. The molecule has 1 aliphatic heterocycles. The summed E-state index contributed by atoms with van der Waals surface area (Å²) in [5.74, 6) is -0.252. The van der Waals surface area contributed by atoms with Gasteiger partial charge in [0.1, 0.15) is 0 Å². The summed E-state index contributed by atoms with van der Waals surface area (Å²) in [5, 5.41) is 6.99. The van der Waals surface area contributed by atoms with Crippen molar-refractivity contribution in [2.45, 2.75) is 19.9 Å². The first-order valence-electron chi connectivity index (χ1n) is 7.64. The van der Waals surface area contributed by atoms with E-state index < -0.39 is 0 Å². The first kappa shape index (κ1) is 18.1. The van der Waals surface area contributed by atoms with Crippen molar-refractivity contribution in [3.8, 4) is 0 Å². The number of rotatable bonds is 4. The number of halogens is 2. The van der Waals surface area contributed by atoms with E-state index in [4.69, 9.17) is 23.2 Å². The van der Waals surface area contributed by atoms with Gasteiger partial charge in [0, 0.05) is 37.0 Å². The van der Waals surface area contributed by atoms with Gasteiger partial charge in [-0.1, -0.05) is 23.2 Å². The molecule has 25 heavy (non-hydrogen) atoms. The second-order valence-corrected chi connectivity index (χ2v) is 7.61. The van der Waals surface area contributed by atoms with Crippen molar-refractivity contribution in [1.29, 1.82) is 0 Å². The summed E-state index contributed by atoms with van der Waals surface area (Å²) in [4.78, 5) is 30.9. The number of nitrogens with one attached hydrogen (secondary N) is 2. The Labute approximate surface area is 159 Å². The van der Waals surface area contributed by atoms with Crippen molar-refractivity contribution in [2.24, 2.45) is 0 Å². The summed E-state index contributed by atoms with van der Waals surface area (Å²) < 4.78 is 0. The number of nitrogens with zero attached hydrogens (tertiary/aromatic N) is 2. The van der Waals surface area contributed by atoms with Crippen molar-refractivity contribution in [3.63, 3.8) is 0 Å². The molecule has 132 valence electrons. The average molecular weight is 399 g/mol. The minimum Gasteiger partial charge on any atom is -0.325 e. The fourth-order valence-corrected chi connectivity index (χ4v) is 3.96. The van der Waals surface area contributed by atoms with Crippen LogP contribution in [0.1, 0.15) is 17.5 Å². The molecule has 0 atom stereocenters. The zero-order chi connectivity index (χ0) is 18.0. The van der Waals surface area contributed by atoms with Gasteiger partial charge in [-0.25, -0.2) is 4.98 Å². The van der Waals surface area contributed by atoms with Crippen LogP contribution in [-0.4, -0.2) is 34.8 Å². The summed E-state index contributed by atoms with van der Waals surface area (Å²) in [7, 11) is 0. The van der Waals surface area contributed by atoms with Crippen LogP contribution in [0.4, 0.5) is 10.8 Å². The fraction of sp³-hybridized carbons (Fsp3) is 0.312. The van der Waals surface area contributed by atoms with E-state index >= 15 is 0 Å². The number of benzene rings is 1. The fourth-order valence-electron chi connectivity index (χ4n) is 2.56. The molecule has 0 aliphatic carbocycles. The number of aromatic nitrogens is 1. The summed E-state index contributed by atoms with van der Waals surface area (Å²) in [6.07, 6.45) is 0.755. The Morgan fingerprint density at radius 2 is 2.08 bits per heavy atom. The Morgan fingerprint density at radius 1 is 1.28 bits per heavy atom. The average Bonchev–Trinajstić information content (AvgIpc) is 2.91. The van der Waals surface area contributed by atoms with Gasteiger partial charge in [0.05, 0.1) is 22.3 Å². The summed E-state index contributed by atoms with van der Waals surface area (Å²) in [6, 6.07) is 4.98. The number of carbonyl (C=O) groups is 2. The molecule has 0 spiro atoms. The highest BCUT2D eigenvalue weighted by molar-refractivity contribution is 7.15. The molecule has 2 amide bonds. The first-order valence-corrected chi connectivity index (χ1v) is 9.21. The molecule has 9 heteroatoms. The van der Waals surface area contributed by atoms with Crippen molar-refractivity contribution >= 4 is 57.2 Å². The molecule has 0 unspecified atom stereocenters. The predicted molar refractivity (Wildman–Crippen MR) is 100 cm³/mol. The number of hydrogen-bond donors (Lipinski definition) is 2. The van der Waals surface area contributed by atoms with Crippen molar-refractivity contribution in [2.75, 3.05) is 23.7 Å². The van der Waals surface area contributed by atoms with Gasteiger partial charge in [-0.15, -0.1) is 11.3 Å². The standard InChI is InChI=1S/C16H16Cl2N4O2S/c1-9(23)19-16-21-13-4-5-22(7-14(13)25-16)8-15(24)20-10-2-3-11(17)12(18)6-10/h2-3,6H,4-5,7-8H2,1H3,(H,20,24)(H,19,21,23). The number of amides is 2. The number of fused-ring (bicyclic) bond motifs is 1. The molecule has 0 bridgehead atoms. The zero-order valence-electron chi connectivity index (χ0n) is 13.4. The largest absolute Gasteiger partial charge is 0.325 e. The highest BCUT2D eigenvalue weighted by atomic mass is 35.5. The zero-order valence-corrected chi connectivity index (χ0v) is 15.8. The van der Waals surface area contributed by atoms with E-state index in [2.05, 4.69) is 15.6 Å². The van der Waals surface area contributed by atoms with Crippen LogP contribution in [0.5, 0.6) is 0 Å². The highest BCUT2D eigenvalue weighted by Crippen LogP contribution is 2.28. The maximum absolute atomic E-state index is 12.2. The molecular weight excluding hydrogens is 383 g/mol. The molecule has 1 aliphatic rings. The quantitative estimate of drug-likeness (QED) is 0.827. The highest BCUT2D eigenvalue weighted by Gasteiger charge is 2.22. The maximum Gasteiger partial charge on any atom is 0.238 e. The monoisotopic (exact) mass is 398 g/mol. The molecule has 2 heterocycles. The first-order chi connectivity index (χ1) is 11.9. The van der Waals surface area contributed by atoms with Crippen LogP contribution in [0.25, 0.3) is 0 Å². The molecule has 3 rings (SSSR count). The normalized spacial score (nSPS) is 14.0. The van der Waals surface area contributed by atoms with Crippen LogP contribution in [-0.2, 0) is 22.6 Å². The number of thiazole rings is 1. The molecule has 0 radical (unpaired) electrons. The molecule has 2 aromatic rings. The molecule has 2 N–H and O–H groups in total. The van der Waals surface area contributed by atoms with Gasteiger partial charge >= 0.3 is 0 Å². The molecule has 1 aromatic carbocycles. The number of hydrogen-bond acceptors (Lipinski definition) is 5. The van der Waals surface area contributed by atoms with Crippen LogP contribution in [0.2, 0.25) is 10.0 Å². The van der Waals surface area contributed by atoms with Crippen molar-refractivity contribution < 1.29 is 9.59 Å². The van der Waals surface area contributed by atoms with E-state index in [1.54, 1.807) is 18.2 Å². The van der Waals surface area contributed by atoms with Crippen LogP contribution < -0.4 is 10.6 Å². The number of carbonyl (C=O) groups excluding carboxylic acids is 2. The van der Waals surface area contributed by atoms with Crippen LogP contribution in [0, 0.1) is 0 Å². The van der Waals surface area contributed by atoms with E-state index in [1.807, 2.05) is 4.90 Å². The van der Waals surface area contributed by atoms with E-state index in [9.17, 15) is 9.59 Å². The van der Waals surface area contributed by atoms with E-state index in [-0.39, 0.29) is 18.4 Å². The minimum absolute atomic E-state index is 0.117. The Bertz CT molecular complexity index is 824. The van der Waals surface area contributed by atoms with Crippen LogP contribution >= 0.6 is 34.5 Å². The second kappa shape index (κ2) is 7.70. The smallest absolute Gasteiger partial charge is 0.238 e. The van der Waals surface area contributed by atoms with Crippen molar-refractivity contribution in [1.82, 2.24) is 9.88 Å². The second-order valence-electron chi connectivity index (χ2n) is 5.71. The lowest BCUT2D eigenvalue weighted by Gasteiger charge is -2.25. The SMILES string of the molecule is CC(=O)Nc1nc2c(s1)CN(CC(=O)Nc1ccc(Cl)c(Cl)c1)CC2. The van der Waals surface area contributed by atoms with Gasteiger partial charge < -0.3 is 10.6 Å². The molecule has 1 aromatic heterocycles. The predicted octanol–water partition coefficient (Wildman–Crippen LogP) is 3.41. The van der Waals surface area contributed by atoms with Gasteiger partial charge in [-0.2, -0.15) is 0 Å². The summed E-state index contributed by atoms with van der Waals surface area (Å²) in [5.41, 5.74) is 1.61. The lowest BCUT2D eigenvalue weighted by molar-refractivity contribution is -0.117. The molecule has 0 fully saturated rings. The van der Waals surface area contributed by atoms with Gasteiger partial charge in [-0.05, 0) is 18.2 Å². The van der Waals surface area contributed by atoms with Crippen LogP contribution in [0.3, 0.4) is 0 Å². The summed E-state index contributed by atoms with van der Waals surface area (Å²) in [6.45, 7) is 3.11. The molecule has 6 nitrogen and oxygen atoms in total. The van der Waals surface area contributed by atoms with Gasteiger partial charge in [0.15, 0.2) is 5.13 Å². The topological polar surface area (TPSA) is 74.3 Å². The van der Waals surface area contributed by atoms with Crippen molar-refractivity contribution in [3.05, 3.63) is 38.8 Å². The minimum atomic E-state index is -0.135. The third-order valence-corrected chi connectivity index (χ3v) is 5.40. The van der Waals surface area contributed by atoms with Gasteiger partial charge in [0.25, 0.3) is 0 Å². The Kier molecular flexibility index (Phi) is 5.58. The van der Waals surface area contributed by atoms with E-state index in [1.165, 1.54) is 18.3 Å². The number of anilines is 2. The lowest BCUT2D eigenvalue weighted by Crippen LogP contribution is -2.36.